The van der Waals surface area contributed by atoms with Crippen LogP contribution in [0.3, 0.4) is 0 Å². The van der Waals surface area contributed by atoms with Gasteiger partial charge in [-0.15, -0.1) is 0 Å². The first kappa shape index (κ1) is 13.9. The van der Waals surface area contributed by atoms with Gasteiger partial charge in [0.05, 0.1) is 7.11 Å². The number of halogens is 1. The van der Waals surface area contributed by atoms with E-state index in [1.807, 2.05) is 0 Å². The van der Waals surface area contributed by atoms with E-state index < -0.39 is 0 Å². The number of carbonyl (C=O) groups is 1. The smallest absolute Gasteiger partial charge is 0.320 e. The van der Waals surface area contributed by atoms with Gasteiger partial charge < -0.3 is 14.5 Å². The summed E-state index contributed by atoms with van der Waals surface area (Å²) in [7, 11) is 5.62. The molecule has 0 aromatic heterocycles. The van der Waals surface area contributed by atoms with E-state index in [0.717, 1.165) is 19.0 Å². The van der Waals surface area contributed by atoms with E-state index in [9.17, 15) is 4.79 Å². The van der Waals surface area contributed by atoms with Crippen molar-refractivity contribution in [2.45, 2.75) is 11.2 Å². The minimum absolute atomic E-state index is 0.199. The molecule has 0 saturated carbocycles. The fraction of sp³-hybridized carbons (Fsp3) is 0.909. The van der Waals surface area contributed by atoms with Gasteiger partial charge >= 0.3 is 5.97 Å². The van der Waals surface area contributed by atoms with Crippen molar-refractivity contribution in [2.24, 2.45) is 5.92 Å². The highest BCUT2D eigenvalue weighted by Gasteiger charge is 2.23. The topological polar surface area (TPSA) is 32.8 Å². The standard InChI is InChI=1S/C11H21BrN2O2/c1-13-5-4-9(6-13)7-14(2)8-10(12)11(15)16-3/h9-10H,4-8H2,1-3H3. The Morgan fingerprint density at radius 3 is 2.88 bits per heavy atom. The maximum Gasteiger partial charge on any atom is 0.320 e. The zero-order chi connectivity index (χ0) is 12.1. The summed E-state index contributed by atoms with van der Waals surface area (Å²) in [6.45, 7) is 4.10. The van der Waals surface area contributed by atoms with Crippen LogP contribution >= 0.6 is 15.9 Å². The number of likely N-dealkylation sites (tertiary alicyclic amines) is 1. The number of esters is 1. The van der Waals surface area contributed by atoms with Gasteiger partial charge in [0.1, 0.15) is 4.83 Å². The van der Waals surface area contributed by atoms with Crippen LogP contribution in [0.2, 0.25) is 0 Å². The Morgan fingerprint density at radius 2 is 2.38 bits per heavy atom. The van der Waals surface area contributed by atoms with Gasteiger partial charge in [0.25, 0.3) is 0 Å². The van der Waals surface area contributed by atoms with Crippen molar-refractivity contribution in [3.63, 3.8) is 0 Å². The summed E-state index contributed by atoms with van der Waals surface area (Å²) >= 11 is 3.34. The Kier molecular flexibility index (Phi) is 5.72. The number of hydrogen-bond donors (Lipinski definition) is 0. The maximum atomic E-state index is 11.2. The van der Waals surface area contributed by atoms with E-state index in [-0.39, 0.29) is 10.8 Å². The number of hydrogen-bond acceptors (Lipinski definition) is 4. The summed E-state index contributed by atoms with van der Waals surface area (Å²) < 4.78 is 4.68. The predicted octanol–water partition coefficient (Wildman–Crippen LogP) is 0.806. The molecule has 2 atom stereocenters. The number of methoxy groups -OCH3 is 1. The molecule has 5 heteroatoms. The van der Waals surface area contributed by atoms with Gasteiger partial charge in [0.15, 0.2) is 0 Å². The summed E-state index contributed by atoms with van der Waals surface area (Å²) in [5, 5.41) is 0. The molecule has 0 spiro atoms. The molecule has 1 aliphatic heterocycles. The molecule has 16 heavy (non-hydrogen) atoms. The second kappa shape index (κ2) is 6.57. The quantitative estimate of drug-likeness (QED) is 0.555. The van der Waals surface area contributed by atoms with Gasteiger partial charge in [0, 0.05) is 19.6 Å². The third-order valence-corrected chi connectivity index (χ3v) is 3.65. The van der Waals surface area contributed by atoms with Gasteiger partial charge in [-0.25, -0.2) is 0 Å². The van der Waals surface area contributed by atoms with Crippen LogP contribution in [0.1, 0.15) is 6.42 Å². The zero-order valence-corrected chi connectivity index (χ0v) is 11.9. The average Bonchev–Trinajstić information content (AvgIpc) is 2.62. The highest BCUT2D eigenvalue weighted by Crippen LogP contribution is 2.15. The fourth-order valence-electron chi connectivity index (χ4n) is 2.17. The number of nitrogens with zero attached hydrogens (tertiary/aromatic N) is 2. The predicted molar refractivity (Wildman–Crippen MR) is 67.8 cm³/mol. The van der Waals surface area contributed by atoms with Gasteiger partial charge in [-0.05, 0) is 33.0 Å². The van der Waals surface area contributed by atoms with Crippen LogP contribution in [0.5, 0.6) is 0 Å². The van der Waals surface area contributed by atoms with Crippen LogP contribution in [0.15, 0.2) is 0 Å². The van der Waals surface area contributed by atoms with Gasteiger partial charge in [-0.1, -0.05) is 15.9 Å². The van der Waals surface area contributed by atoms with Gasteiger partial charge in [0.2, 0.25) is 0 Å². The number of rotatable bonds is 5. The van der Waals surface area contributed by atoms with Crippen molar-refractivity contribution in [3.8, 4) is 0 Å². The van der Waals surface area contributed by atoms with Crippen LogP contribution in [0, 0.1) is 5.92 Å². The van der Waals surface area contributed by atoms with Crippen molar-refractivity contribution in [2.75, 3.05) is 47.4 Å². The van der Waals surface area contributed by atoms with Crippen LogP contribution in [-0.4, -0.2) is 68.0 Å². The number of ether oxygens (including phenoxy) is 1. The third-order valence-electron chi connectivity index (χ3n) is 2.99. The normalized spacial score (nSPS) is 23.7. The summed E-state index contributed by atoms with van der Waals surface area (Å²) in [5.41, 5.74) is 0. The highest BCUT2D eigenvalue weighted by molar-refractivity contribution is 9.10. The lowest BCUT2D eigenvalue weighted by molar-refractivity contribution is -0.140. The molecule has 2 unspecified atom stereocenters. The van der Waals surface area contributed by atoms with Crippen LogP contribution < -0.4 is 0 Å². The van der Waals surface area contributed by atoms with E-state index in [1.54, 1.807) is 0 Å². The van der Waals surface area contributed by atoms with E-state index in [2.05, 4.69) is 44.6 Å². The summed E-state index contributed by atoms with van der Waals surface area (Å²) in [6.07, 6.45) is 1.26. The molecule has 0 aromatic carbocycles. The molecule has 0 bridgehead atoms. The maximum absolute atomic E-state index is 11.2. The van der Waals surface area contributed by atoms with Crippen molar-refractivity contribution >= 4 is 21.9 Å². The number of carbonyl (C=O) groups excluding carboxylic acids is 1. The first-order valence-corrected chi connectivity index (χ1v) is 6.53. The summed E-state index contributed by atoms with van der Waals surface area (Å²) in [5.74, 6) is 0.530. The first-order valence-electron chi connectivity index (χ1n) is 5.62. The lowest BCUT2D eigenvalue weighted by atomic mass is 10.1. The Hall–Kier alpha value is -0.130. The molecule has 0 aliphatic carbocycles. The van der Waals surface area contributed by atoms with Crippen molar-refractivity contribution in [1.82, 2.24) is 9.80 Å². The monoisotopic (exact) mass is 292 g/mol. The molecule has 94 valence electrons. The summed E-state index contributed by atoms with van der Waals surface area (Å²) in [4.78, 5) is 15.6. The molecule has 1 heterocycles. The molecule has 1 saturated heterocycles. The SMILES string of the molecule is COC(=O)C(Br)CN(C)CC1CCN(C)C1. The van der Waals surface area contributed by atoms with Crippen LogP contribution in [-0.2, 0) is 9.53 Å². The van der Waals surface area contributed by atoms with Gasteiger partial charge in [-0.2, -0.15) is 0 Å². The van der Waals surface area contributed by atoms with Crippen LogP contribution in [0.25, 0.3) is 0 Å². The number of alkyl halides is 1. The van der Waals surface area contributed by atoms with E-state index in [0.29, 0.717) is 6.54 Å². The Balaban J connectivity index is 2.25. The van der Waals surface area contributed by atoms with E-state index in [4.69, 9.17) is 0 Å². The van der Waals surface area contributed by atoms with E-state index >= 15 is 0 Å². The molecule has 0 radical (unpaired) electrons. The van der Waals surface area contributed by atoms with Crippen molar-refractivity contribution in [1.29, 1.82) is 0 Å². The average molecular weight is 293 g/mol. The summed E-state index contributed by atoms with van der Waals surface area (Å²) in [6, 6.07) is 0. The van der Waals surface area contributed by atoms with Crippen molar-refractivity contribution < 1.29 is 9.53 Å². The largest absolute Gasteiger partial charge is 0.468 e. The Labute approximate surface area is 106 Å². The lowest BCUT2D eigenvalue weighted by Crippen LogP contribution is -2.35. The van der Waals surface area contributed by atoms with E-state index in [1.165, 1.54) is 20.1 Å². The lowest BCUT2D eigenvalue weighted by Gasteiger charge is -2.22. The minimum Gasteiger partial charge on any atom is -0.468 e. The molecule has 0 N–H and O–H groups in total. The molecule has 0 aromatic rings. The highest BCUT2D eigenvalue weighted by atomic mass is 79.9. The molecule has 1 fully saturated rings. The molecular weight excluding hydrogens is 272 g/mol. The van der Waals surface area contributed by atoms with Gasteiger partial charge in [-0.3, -0.25) is 4.79 Å². The Bertz CT molecular complexity index is 238. The Morgan fingerprint density at radius 1 is 1.69 bits per heavy atom. The van der Waals surface area contributed by atoms with Crippen molar-refractivity contribution in [3.05, 3.63) is 0 Å². The molecule has 1 rings (SSSR count). The molecule has 1 aliphatic rings. The molecule has 0 amide bonds. The second-order valence-corrected chi connectivity index (χ2v) is 5.73. The molecular formula is C11H21BrN2O2. The fourth-order valence-corrected chi connectivity index (χ4v) is 2.85. The second-order valence-electron chi connectivity index (χ2n) is 4.63. The minimum atomic E-state index is -0.221. The van der Waals surface area contributed by atoms with Crippen LogP contribution in [0.4, 0.5) is 0 Å². The molecule has 4 nitrogen and oxygen atoms in total. The first-order chi connectivity index (χ1) is 7.52. The third kappa shape index (κ3) is 4.39. The zero-order valence-electron chi connectivity index (χ0n) is 10.3.